The Kier molecular flexibility index (Phi) is 4.44. The predicted octanol–water partition coefficient (Wildman–Crippen LogP) is 1.74. The van der Waals surface area contributed by atoms with Crippen LogP contribution in [0.4, 0.5) is 0 Å². The normalized spacial score (nSPS) is 13.8. The van der Waals surface area contributed by atoms with E-state index in [4.69, 9.17) is 5.26 Å². The van der Waals surface area contributed by atoms with Crippen LogP contribution < -0.4 is 5.32 Å². The van der Waals surface area contributed by atoms with E-state index < -0.39 is 5.41 Å². The lowest BCUT2D eigenvalue weighted by Crippen LogP contribution is -2.38. The number of hydrogen-bond acceptors (Lipinski definition) is 4. The smallest absolute Gasteiger partial charge is 0.240 e. The van der Waals surface area contributed by atoms with Crippen LogP contribution in [0.3, 0.4) is 0 Å². The first-order chi connectivity index (χ1) is 7.62. The van der Waals surface area contributed by atoms with Crippen molar-refractivity contribution in [1.29, 1.82) is 5.26 Å². The Balaban J connectivity index is 2.39. The molecule has 1 heterocycles. The van der Waals surface area contributed by atoms with Crippen molar-refractivity contribution in [3.63, 3.8) is 0 Å². The van der Waals surface area contributed by atoms with Crippen LogP contribution in [0.15, 0.2) is 11.6 Å². The van der Waals surface area contributed by atoms with Crippen LogP contribution in [0, 0.1) is 16.7 Å². The number of amides is 1. The van der Waals surface area contributed by atoms with Crippen LogP contribution in [0.5, 0.6) is 0 Å². The van der Waals surface area contributed by atoms with Crippen molar-refractivity contribution in [3.8, 4) is 6.07 Å². The van der Waals surface area contributed by atoms with Gasteiger partial charge in [0.2, 0.25) is 5.91 Å². The topological polar surface area (TPSA) is 65.8 Å². The van der Waals surface area contributed by atoms with E-state index in [1.165, 1.54) is 0 Å². The number of thiazole rings is 1. The van der Waals surface area contributed by atoms with E-state index in [1.54, 1.807) is 24.5 Å². The van der Waals surface area contributed by atoms with Gasteiger partial charge in [-0.25, -0.2) is 4.98 Å². The molecule has 0 saturated heterocycles. The summed E-state index contributed by atoms with van der Waals surface area (Å²) in [4.78, 5) is 15.8. The molecule has 0 bridgehead atoms. The molecule has 1 unspecified atom stereocenters. The lowest BCUT2D eigenvalue weighted by molar-refractivity contribution is -0.127. The molecule has 0 aliphatic carbocycles. The first kappa shape index (κ1) is 12.7. The molecule has 0 saturated carbocycles. The van der Waals surface area contributed by atoms with Gasteiger partial charge in [-0.2, -0.15) is 5.26 Å². The molecule has 0 aliphatic heterocycles. The third-order valence-corrected chi connectivity index (χ3v) is 3.40. The summed E-state index contributed by atoms with van der Waals surface area (Å²) in [5.41, 5.74) is -0.914. The highest BCUT2D eigenvalue weighted by Gasteiger charge is 2.30. The second-order valence-electron chi connectivity index (χ2n) is 3.73. The molecule has 0 spiro atoms. The van der Waals surface area contributed by atoms with Gasteiger partial charge < -0.3 is 5.32 Å². The fraction of sp³-hybridized carbons (Fsp3) is 0.545. The van der Waals surface area contributed by atoms with Crippen molar-refractivity contribution in [1.82, 2.24) is 10.3 Å². The maximum absolute atomic E-state index is 11.7. The molecular formula is C11H15N3OS. The maximum atomic E-state index is 11.7. The minimum absolute atomic E-state index is 0.200. The summed E-state index contributed by atoms with van der Waals surface area (Å²) in [6, 6.07) is 2.05. The van der Waals surface area contributed by atoms with E-state index in [0.29, 0.717) is 19.4 Å². The fourth-order valence-corrected chi connectivity index (χ4v) is 1.77. The van der Waals surface area contributed by atoms with Gasteiger partial charge in [0.15, 0.2) is 0 Å². The number of nitrogens with one attached hydrogen (secondary N) is 1. The van der Waals surface area contributed by atoms with Crippen LogP contribution >= 0.6 is 11.3 Å². The number of rotatable bonds is 5. The minimum atomic E-state index is -0.914. The Hall–Kier alpha value is -1.41. The quantitative estimate of drug-likeness (QED) is 0.848. The van der Waals surface area contributed by atoms with E-state index in [-0.39, 0.29) is 5.91 Å². The lowest BCUT2D eigenvalue weighted by atomic mass is 9.88. The van der Waals surface area contributed by atoms with Gasteiger partial charge in [0.25, 0.3) is 0 Å². The predicted molar refractivity (Wildman–Crippen MR) is 62.8 cm³/mol. The first-order valence-electron chi connectivity index (χ1n) is 5.20. The SMILES string of the molecule is CCC(C)(C#N)C(=O)NCCc1nccs1. The van der Waals surface area contributed by atoms with Crippen molar-refractivity contribution in [3.05, 3.63) is 16.6 Å². The summed E-state index contributed by atoms with van der Waals surface area (Å²) >= 11 is 1.57. The fourth-order valence-electron chi connectivity index (χ4n) is 1.14. The molecule has 0 radical (unpaired) electrons. The third-order valence-electron chi connectivity index (χ3n) is 2.56. The molecular weight excluding hydrogens is 222 g/mol. The van der Waals surface area contributed by atoms with Crippen molar-refractivity contribution < 1.29 is 4.79 Å². The van der Waals surface area contributed by atoms with Crippen molar-refractivity contribution in [2.75, 3.05) is 6.54 Å². The number of carbonyl (C=O) groups excluding carboxylic acids is 1. The third kappa shape index (κ3) is 3.04. The minimum Gasteiger partial charge on any atom is -0.354 e. The van der Waals surface area contributed by atoms with Crippen molar-refractivity contribution >= 4 is 17.2 Å². The Morgan fingerprint density at radius 2 is 2.50 bits per heavy atom. The summed E-state index contributed by atoms with van der Waals surface area (Å²) in [7, 11) is 0. The molecule has 86 valence electrons. The van der Waals surface area contributed by atoms with Crippen molar-refractivity contribution in [2.24, 2.45) is 5.41 Å². The molecule has 4 nitrogen and oxygen atoms in total. The van der Waals surface area contributed by atoms with Crippen LogP contribution in [0.25, 0.3) is 0 Å². The average molecular weight is 237 g/mol. The summed E-state index contributed by atoms with van der Waals surface area (Å²) in [5.74, 6) is -0.200. The molecule has 1 aromatic heterocycles. The number of hydrogen-bond donors (Lipinski definition) is 1. The molecule has 0 aliphatic rings. The highest BCUT2D eigenvalue weighted by Crippen LogP contribution is 2.19. The highest BCUT2D eigenvalue weighted by molar-refractivity contribution is 7.09. The van der Waals surface area contributed by atoms with E-state index in [2.05, 4.69) is 10.3 Å². The Morgan fingerprint density at radius 1 is 1.75 bits per heavy atom. The Labute approximate surface area is 99.3 Å². The molecule has 0 fully saturated rings. The number of aromatic nitrogens is 1. The van der Waals surface area contributed by atoms with E-state index in [9.17, 15) is 4.79 Å². The number of carbonyl (C=O) groups is 1. The zero-order valence-corrected chi connectivity index (χ0v) is 10.3. The molecule has 5 heteroatoms. The van der Waals surface area contributed by atoms with Gasteiger partial charge in [-0.05, 0) is 13.3 Å². The van der Waals surface area contributed by atoms with Crippen LogP contribution in [-0.4, -0.2) is 17.4 Å². The van der Waals surface area contributed by atoms with Crippen LogP contribution in [-0.2, 0) is 11.2 Å². The van der Waals surface area contributed by atoms with Crippen LogP contribution in [0.2, 0.25) is 0 Å². The van der Waals surface area contributed by atoms with Gasteiger partial charge >= 0.3 is 0 Å². The zero-order chi connectivity index (χ0) is 12.0. The monoisotopic (exact) mass is 237 g/mol. The summed E-state index contributed by atoms with van der Waals surface area (Å²) in [6.07, 6.45) is 2.98. The average Bonchev–Trinajstić information content (AvgIpc) is 2.80. The van der Waals surface area contributed by atoms with Gasteiger partial charge in [0.1, 0.15) is 5.41 Å². The molecule has 0 aromatic carbocycles. The summed E-state index contributed by atoms with van der Waals surface area (Å²) < 4.78 is 0. The lowest BCUT2D eigenvalue weighted by Gasteiger charge is -2.18. The second kappa shape index (κ2) is 5.61. The first-order valence-corrected chi connectivity index (χ1v) is 6.08. The number of nitrogens with zero attached hydrogens (tertiary/aromatic N) is 2. The van der Waals surface area contributed by atoms with Gasteiger partial charge in [0, 0.05) is 24.5 Å². The molecule has 1 atom stereocenters. The van der Waals surface area contributed by atoms with Gasteiger partial charge in [0.05, 0.1) is 11.1 Å². The molecule has 1 aromatic rings. The molecule has 1 amide bonds. The second-order valence-corrected chi connectivity index (χ2v) is 4.71. The standard InChI is InChI=1S/C11H15N3OS/c1-3-11(2,8-12)10(15)14-5-4-9-13-6-7-16-9/h6-7H,3-5H2,1-2H3,(H,14,15). The van der Waals surface area contributed by atoms with E-state index in [0.717, 1.165) is 5.01 Å². The summed E-state index contributed by atoms with van der Waals surface area (Å²) in [5, 5.41) is 14.6. The van der Waals surface area contributed by atoms with E-state index in [1.807, 2.05) is 18.4 Å². The van der Waals surface area contributed by atoms with Crippen LogP contribution in [0.1, 0.15) is 25.3 Å². The van der Waals surface area contributed by atoms with Crippen molar-refractivity contribution in [2.45, 2.75) is 26.7 Å². The number of nitriles is 1. The Bertz CT molecular complexity index is 382. The molecule has 16 heavy (non-hydrogen) atoms. The largest absolute Gasteiger partial charge is 0.354 e. The van der Waals surface area contributed by atoms with Gasteiger partial charge in [-0.3, -0.25) is 4.79 Å². The van der Waals surface area contributed by atoms with Gasteiger partial charge in [-0.15, -0.1) is 11.3 Å². The summed E-state index contributed by atoms with van der Waals surface area (Å²) in [6.45, 7) is 4.03. The molecule has 1 rings (SSSR count). The molecule has 1 N–H and O–H groups in total. The van der Waals surface area contributed by atoms with Gasteiger partial charge in [-0.1, -0.05) is 6.92 Å². The van der Waals surface area contributed by atoms with E-state index >= 15 is 0 Å². The maximum Gasteiger partial charge on any atom is 0.240 e. The Morgan fingerprint density at radius 3 is 3.00 bits per heavy atom. The highest BCUT2D eigenvalue weighted by atomic mass is 32.1. The zero-order valence-electron chi connectivity index (χ0n) is 9.49.